The molecule has 0 amide bonds. The average molecular weight is 294 g/mol. The van der Waals surface area contributed by atoms with Gasteiger partial charge in [0.15, 0.2) is 9.84 Å². The minimum atomic E-state index is -2.94. The lowest BCUT2D eigenvalue weighted by molar-refractivity contribution is 0.230. The van der Waals surface area contributed by atoms with Gasteiger partial charge in [-0.3, -0.25) is 0 Å². The third kappa shape index (κ3) is 3.23. The Balaban J connectivity index is 1.88. The Bertz CT molecular complexity index is 575. The van der Waals surface area contributed by atoms with Gasteiger partial charge in [0.1, 0.15) is 0 Å². The predicted molar refractivity (Wildman–Crippen MR) is 82.1 cm³/mol. The van der Waals surface area contributed by atoms with Crippen LogP contribution < -0.4 is 0 Å². The second-order valence-corrected chi connectivity index (χ2v) is 8.28. The number of hydrogen-bond donors (Lipinski definition) is 0. The summed E-state index contributed by atoms with van der Waals surface area (Å²) in [5.41, 5.74) is 2.16. The highest BCUT2D eigenvalue weighted by Gasteiger charge is 2.42. The molecule has 0 spiro atoms. The number of ether oxygens (including phenoxy) is 1. The molecule has 1 aromatic carbocycles. The standard InChI is InChI=1S/C16H22O3S/c1-14(15-7-4-3-5-8-15)13-19-11-10-16(2)9-6-12-20(16,17)18/h3-5,7-8,13H,6,9-12H2,1-2H3/b14-13-. The molecule has 3 nitrogen and oxygen atoms in total. The van der Waals surface area contributed by atoms with Crippen molar-refractivity contribution >= 4 is 15.4 Å². The summed E-state index contributed by atoms with van der Waals surface area (Å²) < 4.78 is 28.9. The monoisotopic (exact) mass is 294 g/mol. The zero-order chi connectivity index (χ0) is 14.6. The molecule has 1 aromatic rings. The lowest BCUT2D eigenvalue weighted by Crippen LogP contribution is -2.32. The molecule has 1 heterocycles. The minimum Gasteiger partial charge on any atom is -0.501 e. The Labute approximate surface area is 121 Å². The number of rotatable bonds is 5. The van der Waals surface area contributed by atoms with Crippen molar-refractivity contribution in [3.63, 3.8) is 0 Å². The molecule has 4 heteroatoms. The van der Waals surface area contributed by atoms with Crippen molar-refractivity contribution < 1.29 is 13.2 Å². The summed E-state index contributed by atoms with van der Waals surface area (Å²) in [6, 6.07) is 10.00. The normalized spacial score (nSPS) is 25.6. The molecule has 0 N–H and O–H groups in total. The maximum atomic E-state index is 12.0. The van der Waals surface area contributed by atoms with E-state index in [9.17, 15) is 8.42 Å². The van der Waals surface area contributed by atoms with E-state index in [1.165, 1.54) is 0 Å². The van der Waals surface area contributed by atoms with Crippen LogP contribution in [-0.4, -0.2) is 25.5 Å². The topological polar surface area (TPSA) is 43.4 Å². The summed E-state index contributed by atoms with van der Waals surface area (Å²) in [7, 11) is -2.94. The van der Waals surface area contributed by atoms with Gasteiger partial charge in [-0.15, -0.1) is 0 Å². The number of hydrogen-bond acceptors (Lipinski definition) is 3. The molecule has 0 saturated carbocycles. The molecule has 1 atom stereocenters. The van der Waals surface area contributed by atoms with Gasteiger partial charge in [-0.05, 0) is 37.8 Å². The van der Waals surface area contributed by atoms with Crippen molar-refractivity contribution in [3.8, 4) is 0 Å². The van der Waals surface area contributed by atoms with Gasteiger partial charge in [-0.25, -0.2) is 8.42 Å². The van der Waals surface area contributed by atoms with Crippen molar-refractivity contribution in [2.75, 3.05) is 12.4 Å². The molecule has 0 bridgehead atoms. The molecular weight excluding hydrogens is 272 g/mol. The summed E-state index contributed by atoms with van der Waals surface area (Å²) in [6.45, 7) is 4.27. The fourth-order valence-corrected chi connectivity index (χ4v) is 4.41. The second kappa shape index (κ2) is 6.00. The summed E-state index contributed by atoms with van der Waals surface area (Å²) in [5, 5.41) is 0. The van der Waals surface area contributed by atoms with E-state index in [0.717, 1.165) is 24.0 Å². The molecule has 1 saturated heterocycles. The van der Waals surface area contributed by atoms with E-state index in [0.29, 0.717) is 18.8 Å². The van der Waals surface area contributed by atoms with Crippen LogP contribution in [0.15, 0.2) is 36.6 Å². The Morgan fingerprint density at radius 2 is 2.05 bits per heavy atom. The molecule has 0 aromatic heterocycles. The highest BCUT2D eigenvalue weighted by molar-refractivity contribution is 7.93. The van der Waals surface area contributed by atoms with Gasteiger partial charge in [0, 0.05) is 6.42 Å². The molecule has 1 fully saturated rings. The summed E-state index contributed by atoms with van der Waals surface area (Å²) in [4.78, 5) is 0. The van der Waals surface area contributed by atoms with Crippen LogP contribution in [0.2, 0.25) is 0 Å². The first kappa shape index (κ1) is 15.1. The molecule has 110 valence electrons. The van der Waals surface area contributed by atoms with Gasteiger partial charge in [0.05, 0.1) is 23.4 Å². The summed E-state index contributed by atoms with van der Waals surface area (Å²) in [6.07, 6.45) is 3.81. The van der Waals surface area contributed by atoms with Crippen molar-refractivity contribution in [2.24, 2.45) is 0 Å². The molecule has 1 aliphatic heterocycles. The summed E-state index contributed by atoms with van der Waals surface area (Å²) in [5.74, 6) is 0.322. The first-order chi connectivity index (χ1) is 9.45. The van der Waals surface area contributed by atoms with E-state index in [4.69, 9.17) is 4.74 Å². The van der Waals surface area contributed by atoms with Crippen LogP contribution in [0.25, 0.3) is 5.57 Å². The van der Waals surface area contributed by atoms with Gasteiger partial charge < -0.3 is 4.74 Å². The molecule has 0 radical (unpaired) electrons. The summed E-state index contributed by atoms with van der Waals surface area (Å²) >= 11 is 0. The van der Waals surface area contributed by atoms with E-state index >= 15 is 0 Å². The fraction of sp³-hybridized carbons (Fsp3) is 0.500. The molecule has 1 unspecified atom stereocenters. The Hall–Kier alpha value is -1.29. The zero-order valence-corrected chi connectivity index (χ0v) is 12.9. The largest absolute Gasteiger partial charge is 0.501 e. The van der Waals surface area contributed by atoms with Crippen LogP contribution in [0, 0.1) is 0 Å². The Morgan fingerprint density at radius 1 is 1.35 bits per heavy atom. The first-order valence-electron chi connectivity index (χ1n) is 7.01. The second-order valence-electron chi connectivity index (χ2n) is 5.66. The third-order valence-electron chi connectivity index (χ3n) is 4.11. The smallest absolute Gasteiger partial charge is 0.155 e. The quantitative estimate of drug-likeness (QED) is 0.617. The van der Waals surface area contributed by atoms with Crippen LogP contribution in [-0.2, 0) is 14.6 Å². The Kier molecular flexibility index (Phi) is 4.53. The van der Waals surface area contributed by atoms with E-state index in [1.807, 2.05) is 44.2 Å². The molecule has 1 aliphatic rings. The highest BCUT2D eigenvalue weighted by Crippen LogP contribution is 2.34. The lowest BCUT2D eigenvalue weighted by Gasteiger charge is -2.22. The van der Waals surface area contributed by atoms with E-state index in [2.05, 4.69) is 0 Å². The van der Waals surface area contributed by atoms with Gasteiger partial charge in [-0.1, -0.05) is 30.3 Å². The maximum absolute atomic E-state index is 12.0. The highest BCUT2D eigenvalue weighted by atomic mass is 32.2. The van der Waals surface area contributed by atoms with Crippen molar-refractivity contribution in [3.05, 3.63) is 42.2 Å². The third-order valence-corrected chi connectivity index (χ3v) is 6.84. The van der Waals surface area contributed by atoms with Gasteiger partial charge in [0.25, 0.3) is 0 Å². The molecular formula is C16H22O3S. The lowest BCUT2D eigenvalue weighted by atomic mass is 10.0. The number of sulfone groups is 1. The van der Waals surface area contributed by atoms with Crippen LogP contribution in [0.1, 0.15) is 38.7 Å². The van der Waals surface area contributed by atoms with Crippen LogP contribution >= 0.6 is 0 Å². The SMILES string of the molecule is C/C(=C/OCCC1(C)CCCS1(=O)=O)c1ccccc1. The van der Waals surface area contributed by atoms with E-state index < -0.39 is 14.6 Å². The van der Waals surface area contributed by atoms with Crippen LogP contribution in [0.3, 0.4) is 0 Å². The van der Waals surface area contributed by atoms with Crippen molar-refractivity contribution in [1.29, 1.82) is 0 Å². The number of benzene rings is 1. The van der Waals surface area contributed by atoms with Gasteiger partial charge >= 0.3 is 0 Å². The van der Waals surface area contributed by atoms with Crippen LogP contribution in [0.4, 0.5) is 0 Å². The average Bonchev–Trinajstić information content (AvgIpc) is 2.70. The molecule has 20 heavy (non-hydrogen) atoms. The van der Waals surface area contributed by atoms with E-state index in [-0.39, 0.29) is 0 Å². The predicted octanol–water partition coefficient (Wildman–Crippen LogP) is 3.42. The Morgan fingerprint density at radius 3 is 2.65 bits per heavy atom. The first-order valence-corrected chi connectivity index (χ1v) is 8.66. The van der Waals surface area contributed by atoms with Crippen molar-refractivity contribution in [2.45, 2.75) is 37.9 Å². The minimum absolute atomic E-state index is 0.322. The fourth-order valence-electron chi connectivity index (χ4n) is 2.55. The van der Waals surface area contributed by atoms with Crippen LogP contribution in [0.5, 0.6) is 0 Å². The van der Waals surface area contributed by atoms with Crippen molar-refractivity contribution in [1.82, 2.24) is 0 Å². The molecule has 0 aliphatic carbocycles. The molecule has 2 rings (SSSR count). The zero-order valence-electron chi connectivity index (χ0n) is 12.1. The van der Waals surface area contributed by atoms with E-state index in [1.54, 1.807) is 6.26 Å². The van der Waals surface area contributed by atoms with Gasteiger partial charge in [-0.2, -0.15) is 0 Å². The number of allylic oxidation sites excluding steroid dienone is 1. The maximum Gasteiger partial charge on any atom is 0.155 e. The van der Waals surface area contributed by atoms with Gasteiger partial charge in [0.2, 0.25) is 0 Å².